The summed E-state index contributed by atoms with van der Waals surface area (Å²) in [5.74, 6) is -0.108. The molecule has 0 aliphatic carbocycles. The molecule has 0 aliphatic rings. The zero-order valence-corrected chi connectivity index (χ0v) is 14.0. The van der Waals surface area contributed by atoms with E-state index in [4.69, 9.17) is 11.6 Å². The van der Waals surface area contributed by atoms with Gasteiger partial charge in [-0.25, -0.2) is 0 Å². The van der Waals surface area contributed by atoms with Crippen molar-refractivity contribution in [2.24, 2.45) is 0 Å². The maximum absolute atomic E-state index is 12.3. The summed E-state index contributed by atoms with van der Waals surface area (Å²) in [6.45, 7) is 8.04. The van der Waals surface area contributed by atoms with E-state index in [9.17, 15) is 4.79 Å². The van der Waals surface area contributed by atoms with Crippen molar-refractivity contribution < 1.29 is 4.79 Å². The van der Waals surface area contributed by atoms with Crippen LogP contribution in [0.2, 0.25) is 5.02 Å². The fourth-order valence-corrected chi connectivity index (χ4v) is 2.78. The summed E-state index contributed by atoms with van der Waals surface area (Å²) in [5.41, 5.74) is 1.68. The van der Waals surface area contributed by atoms with Gasteiger partial charge >= 0.3 is 0 Å². The minimum Gasteiger partial charge on any atom is -0.325 e. The Balaban J connectivity index is 2.04. The van der Waals surface area contributed by atoms with E-state index in [1.807, 2.05) is 24.5 Å². The first kappa shape index (κ1) is 16.6. The van der Waals surface area contributed by atoms with Gasteiger partial charge in [0.05, 0.1) is 5.25 Å². The smallest absolute Gasteiger partial charge is 0.237 e. The molecule has 1 aromatic carbocycles. The molecule has 0 spiro atoms. The van der Waals surface area contributed by atoms with Gasteiger partial charge in [-0.3, -0.25) is 4.79 Å². The van der Waals surface area contributed by atoms with Crippen LogP contribution in [0.3, 0.4) is 0 Å². The van der Waals surface area contributed by atoms with Crippen LogP contribution >= 0.6 is 23.4 Å². The van der Waals surface area contributed by atoms with Gasteiger partial charge in [-0.15, -0.1) is 16.8 Å². The van der Waals surface area contributed by atoms with Crippen molar-refractivity contribution >= 4 is 35.0 Å². The summed E-state index contributed by atoms with van der Waals surface area (Å²) >= 11 is 7.31. The van der Waals surface area contributed by atoms with E-state index in [2.05, 4.69) is 22.1 Å². The van der Waals surface area contributed by atoms with Gasteiger partial charge in [0.1, 0.15) is 6.33 Å². The molecule has 1 amide bonds. The highest BCUT2D eigenvalue weighted by Crippen LogP contribution is 2.24. The molecule has 1 atom stereocenters. The van der Waals surface area contributed by atoms with Crippen LogP contribution in [0.5, 0.6) is 0 Å². The molecule has 1 N–H and O–H groups in total. The van der Waals surface area contributed by atoms with Gasteiger partial charge in [0.25, 0.3) is 0 Å². The lowest BCUT2D eigenvalue weighted by Gasteiger charge is -2.13. The second kappa shape index (κ2) is 7.47. The average molecular weight is 337 g/mol. The number of benzene rings is 1. The molecule has 5 nitrogen and oxygen atoms in total. The molecule has 0 radical (unpaired) electrons. The van der Waals surface area contributed by atoms with Crippen LogP contribution in [-0.2, 0) is 11.3 Å². The predicted molar refractivity (Wildman–Crippen MR) is 90.4 cm³/mol. The molecule has 1 heterocycles. The van der Waals surface area contributed by atoms with Crippen molar-refractivity contribution in [2.45, 2.75) is 30.8 Å². The number of thioether (sulfide) groups is 1. The Hall–Kier alpha value is -1.79. The van der Waals surface area contributed by atoms with Crippen molar-refractivity contribution in [3.8, 4) is 0 Å². The summed E-state index contributed by atoms with van der Waals surface area (Å²) in [6, 6.07) is 5.41. The van der Waals surface area contributed by atoms with Gasteiger partial charge in [-0.2, -0.15) is 0 Å². The Labute approximate surface area is 138 Å². The third-order valence-corrected chi connectivity index (χ3v) is 4.34. The predicted octanol–water partition coefficient (Wildman–Crippen LogP) is 3.55. The molecule has 2 rings (SSSR count). The van der Waals surface area contributed by atoms with E-state index >= 15 is 0 Å². The summed E-state index contributed by atoms with van der Waals surface area (Å²) in [6.07, 6.45) is 3.38. The molecule has 0 bridgehead atoms. The Bertz CT molecular complexity index is 686. The van der Waals surface area contributed by atoms with Gasteiger partial charge in [0.2, 0.25) is 5.91 Å². The molecule has 0 saturated heterocycles. The lowest BCUT2D eigenvalue weighted by atomic mass is 10.2. The standard InChI is InChI=1S/C15H17ClN4OS/c1-4-7-20-9-17-19-15(20)22-11(3)14(21)18-13-8-12(16)6-5-10(13)2/h4-6,8-9,11H,1,7H2,2-3H3,(H,18,21)/t11-/m1/s1. The highest BCUT2D eigenvalue weighted by Gasteiger charge is 2.18. The van der Waals surface area contributed by atoms with Crippen molar-refractivity contribution in [3.63, 3.8) is 0 Å². The Morgan fingerprint density at radius 2 is 2.36 bits per heavy atom. The summed E-state index contributed by atoms with van der Waals surface area (Å²) in [5, 5.41) is 11.7. The largest absolute Gasteiger partial charge is 0.325 e. The van der Waals surface area contributed by atoms with Crippen molar-refractivity contribution in [3.05, 3.63) is 47.8 Å². The van der Waals surface area contributed by atoms with Crippen LogP contribution in [0.1, 0.15) is 12.5 Å². The Morgan fingerprint density at radius 3 is 3.09 bits per heavy atom. The van der Waals surface area contributed by atoms with Crippen molar-refractivity contribution in [2.75, 3.05) is 5.32 Å². The van der Waals surface area contributed by atoms with Crippen LogP contribution in [-0.4, -0.2) is 25.9 Å². The minimum atomic E-state index is -0.314. The van der Waals surface area contributed by atoms with Crippen LogP contribution in [0.25, 0.3) is 0 Å². The maximum atomic E-state index is 12.3. The molecule has 0 saturated carbocycles. The fourth-order valence-electron chi connectivity index (χ4n) is 1.77. The molecule has 1 aromatic heterocycles. The lowest BCUT2D eigenvalue weighted by Crippen LogP contribution is -2.23. The van der Waals surface area contributed by atoms with Gasteiger partial charge in [0.15, 0.2) is 5.16 Å². The number of hydrogen-bond donors (Lipinski definition) is 1. The number of rotatable bonds is 6. The number of nitrogens with zero attached hydrogens (tertiary/aromatic N) is 3. The molecule has 0 fully saturated rings. The molecule has 22 heavy (non-hydrogen) atoms. The molecule has 2 aromatic rings. The molecule has 0 unspecified atom stereocenters. The minimum absolute atomic E-state index is 0.108. The number of halogens is 1. The number of carbonyl (C=O) groups excluding carboxylic acids is 1. The number of aryl methyl sites for hydroxylation is 1. The van der Waals surface area contributed by atoms with E-state index in [1.54, 1.807) is 24.5 Å². The van der Waals surface area contributed by atoms with Crippen molar-refractivity contribution in [1.29, 1.82) is 0 Å². The SMILES string of the molecule is C=CCn1cnnc1S[C@H](C)C(=O)Nc1cc(Cl)ccc1C. The summed E-state index contributed by atoms with van der Waals surface area (Å²) < 4.78 is 1.84. The van der Waals surface area contributed by atoms with Crippen LogP contribution < -0.4 is 5.32 Å². The number of allylic oxidation sites excluding steroid dienone is 1. The molecule has 7 heteroatoms. The molecule has 0 aliphatic heterocycles. The molecule has 116 valence electrons. The van der Waals surface area contributed by atoms with Crippen LogP contribution in [0.15, 0.2) is 42.3 Å². The van der Waals surface area contributed by atoms with Crippen molar-refractivity contribution in [1.82, 2.24) is 14.8 Å². The van der Waals surface area contributed by atoms with E-state index in [0.29, 0.717) is 16.7 Å². The summed E-state index contributed by atoms with van der Waals surface area (Å²) in [7, 11) is 0. The van der Waals surface area contributed by atoms with E-state index in [1.165, 1.54) is 11.8 Å². The molecular weight excluding hydrogens is 320 g/mol. The fraction of sp³-hybridized carbons (Fsp3) is 0.267. The van der Waals surface area contributed by atoms with E-state index < -0.39 is 0 Å². The zero-order valence-electron chi connectivity index (χ0n) is 12.4. The number of anilines is 1. The quantitative estimate of drug-likeness (QED) is 0.647. The van der Waals surface area contributed by atoms with Crippen LogP contribution in [0.4, 0.5) is 5.69 Å². The number of carbonyl (C=O) groups is 1. The first-order chi connectivity index (χ1) is 10.5. The van der Waals surface area contributed by atoms with Gasteiger partial charge in [-0.1, -0.05) is 35.5 Å². The van der Waals surface area contributed by atoms with E-state index in [0.717, 1.165) is 11.3 Å². The summed E-state index contributed by atoms with van der Waals surface area (Å²) in [4.78, 5) is 12.3. The number of aromatic nitrogens is 3. The molecular formula is C15H17ClN4OS. The topological polar surface area (TPSA) is 59.8 Å². The number of nitrogens with one attached hydrogen (secondary N) is 1. The maximum Gasteiger partial charge on any atom is 0.237 e. The lowest BCUT2D eigenvalue weighted by molar-refractivity contribution is -0.115. The second-order valence-corrected chi connectivity index (χ2v) is 6.51. The van der Waals surface area contributed by atoms with E-state index in [-0.39, 0.29) is 11.2 Å². The normalized spacial score (nSPS) is 12.0. The first-order valence-corrected chi connectivity index (χ1v) is 7.99. The van der Waals surface area contributed by atoms with Gasteiger partial charge in [-0.05, 0) is 31.5 Å². The zero-order chi connectivity index (χ0) is 16.1. The second-order valence-electron chi connectivity index (χ2n) is 4.76. The Morgan fingerprint density at radius 1 is 1.59 bits per heavy atom. The highest BCUT2D eigenvalue weighted by atomic mass is 35.5. The third kappa shape index (κ3) is 4.11. The number of hydrogen-bond acceptors (Lipinski definition) is 4. The third-order valence-electron chi connectivity index (χ3n) is 3.01. The average Bonchev–Trinajstić information content (AvgIpc) is 2.90. The van der Waals surface area contributed by atoms with Gasteiger partial charge < -0.3 is 9.88 Å². The van der Waals surface area contributed by atoms with Crippen LogP contribution in [0, 0.1) is 6.92 Å². The Kier molecular flexibility index (Phi) is 5.63. The monoisotopic (exact) mass is 336 g/mol. The highest BCUT2D eigenvalue weighted by molar-refractivity contribution is 8.00. The first-order valence-electron chi connectivity index (χ1n) is 6.73. The number of amides is 1. The van der Waals surface area contributed by atoms with Gasteiger partial charge in [0, 0.05) is 17.3 Å².